The van der Waals surface area contributed by atoms with Crippen LogP contribution in [0.15, 0.2) is 18.3 Å². The van der Waals surface area contributed by atoms with Gasteiger partial charge in [0.1, 0.15) is 0 Å². The molecule has 0 saturated heterocycles. The summed E-state index contributed by atoms with van der Waals surface area (Å²) in [4.78, 5) is 13.5. The molecule has 16 heavy (non-hydrogen) atoms. The molecular formula is C11H10FNO3. The third-order valence-electron chi connectivity index (χ3n) is 2.38. The molecule has 1 heterocycles. The number of nitrogens with one attached hydrogen (secondary N) is 1. The molecule has 0 aliphatic heterocycles. The molecule has 0 unspecified atom stereocenters. The van der Waals surface area contributed by atoms with Crippen molar-refractivity contribution in [2.75, 3.05) is 7.11 Å². The number of carboxylic acids is 1. The van der Waals surface area contributed by atoms with Gasteiger partial charge in [0.15, 0.2) is 11.6 Å². The summed E-state index contributed by atoms with van der Waals surface area (Å²) >= 11 is 0. The third kappa shape index (κ3) is 1.71. The molecule has 0 saturated carbocycles. The van der Waals surface area contributed by atoms with E-state index in [0.717, 1.165) is 0 Å². The van der Waals surface area contributed by atoms with Gasteiger partial charge < -0.3 is 14.8 Å². The summed E-state index contributed by atoms with van der Waals surface area (Å²) in [6.45, 7) is 0. The van der Waals surface area contributed by atoms with Crippen molar-refractivity contribution in [2.45, 2.75) is 6.42 Å². The Hall–Kier alpha value is -2.04. The minimum Gasteiger partial charge on any atom is -0.494 e. The number of aromatic nitrogens is 1. The second-order valence-electron chi connectivity index (χ2n) is 3.42. The Labute approximate surface area is 90.7 Å². The topological polar surface area (TPSA) is 62.3 Å². The van der Waals surface area contributed by atoms with E-state index in [1.807, 2.05) is 0 Å². The van der Waals surface area contributed by atoms with Gasteiger partial charge in [-0.05, 0) is 11.6 Å². The van der Waals surface area contributed by atoms with Crippen molar-refractivity contribution in [3.63, 3.8) is 0 Å². The van der Waals surface area contributed by atoms with Crippen LogP contribution < -0.4 is 4.74 Å². The Balaban J connectivity index is 2.55. The maximum atomic E-state index is 13.4. The van der Waals surface area contributed by atoms with Crippen LogP contribution in [0.1, 0.15) is 5.56 Å². The minimum atomic E-state index is -0.947. The van der Waals surface area contributed by atoms with Crippen LogP contribution in [0.2, 0.25) is 0 Å². The van der Waals surface area contributed by atoms with Gasteiger partial charge in [-0.1, -0.05) is 0 Å². The zero-order valence-corrected chi connectivity index (χ0v) is 8.58. The van der Waals surface area contributed by atoms with E-state index in [0.29, 0.717) is 16.5 Å². The van der Waals surface area contributed by atoms with E-state index in [1.165, 1.54) is 19.2 Å². The van der Waals surface area contributed by atoms with Crippen molar-refractivity contribution in [3.05, 3.63) is 29.7 Å². The number of fused-ring (bicyclic) bond motifs is 1. The van der Waals surface area contributed by atoms with E-state index in [-0.39, 0.29) is 12.2 Å². The number of carboxylic acid groups (broad SMARTS) is 1. The van der Waals surface area contributed by atoms with Crippen molar-refractivity contribution in [3.8, 4) is 5.75 Å². The Bertz CT molecular complexity index is 547. The lowest BCUT2D eigenvalue weighted by Gasteiger charge is -2.02. The molecule has 84 valence electrons. The maximum absolute atomic E-state index is 13.4. The van der Waals surface area contributed by atoms with E-state index < -0.39 is 11.8 Å². The molecule has 4 nitrogen and oxygen atoms in total. The first-order valence-electron chi connectivity index (χ1n) is 4.67. The predicted octanol–water partition coefficient (Wildman–Crippen LogP) is 1.94. The highest BCUT2D eigenvalue weighted by molar-refractivity contribution is 5.88. The fraction of sp³-hybridized carbons (Fsp3) is 0.182. The average Bonchev–Trinajstić information content (AvgIpc) is 2.59. The number of rotatable bonds is 3. The summed E-state index contributed by atoms with van der Waals surface area (Å²) in [6, 6.07) is 2.79. The van der Waals surface area contributed by atoms with E-state index in [2.05, 4.69) is 4.98 Å². The lowest BCUT2D eigenvalue weighted by Crippen LogP contribution is -1.99. The van der Waals surface area contributed by atoms with Gasteiger partial charge in [-0.2, -0.15) is 0 Å². The minimum absolute atomic E-state index is 0.133. The quantitative estimate of drug-likeness (QED) is 0.835. The van der Waals surface area contributed by atoms with Crippen LogP contribution in [-0.2, 0) is 11.2 Å². The SMILES string of the molecule is COc1cc2[nH]cc(CC(=O)O)c2cc1F. The summed E-state index contributed by atoms with van der Waals surface area (Å²) in [7, 11) is 1.38. The largest absolute Gasteiger partial charge is 0.494 e. The predicted molar refractivity (Wildman–Crippen MR) is 56.1 cm³/mol. The summed E-state index contributed by atoms with van der Waals surface area (Å²) in [5.41, 5.74) is 1.22. The maximum Gasteiger partial charge on any atom is 0.307 e. The van der Waals surface area contributed by atoms with Gasteiger partial charge >= 0.3 is 5.97 Å². The Morgan fingerprint density at radius 3 is 2.94 bits per heavy atom. The van der Waals surface area contributed by atoms with Crippen LogP contribution in [0.4, 0.5) is 4.39 Å². The molecule has 0 radical (unpaired) electrons. The molecule has 0 amide bonds. The number of halogens is 1. The van der Waals surface area contributed by atoms with Gasteiger partial charge in [-0.3, -0.25) is 4.79 Å². The van der Waals surface area contributed by atoms with Crippen molar-refractivity contribution in [1.29, 1.82) is 0 Å². The molecule has 1 aromatic carbocycles. The van der Waals surface area contributed by atoms with Crippen LogP contribution in [0.5, 0.6) is 5.75 Å². The molecule has 1 aromatic heterocycles. The van der Waals surface area contributed by atoms with Gasteiger partial charge in [0, 0.05) is 23.2 Å². The molecule has 0 fully saturated rings. The highest BCUT2D eigenvalue weighted by atomic mass is 19.1. The summed E-state index contributed by atoms with van der Waals surface area (Å²) < 4.78 is 18.3. The molecule has 2 aromatic rings. The fourth-order valence-corrected chi connectivity index (χ4v) is 1.65. The monoisotopic (exact) mass is 223 g/mol. The van der Waals surface area contributed by atoms with Gasteiger partial charge in [0.2, 0.25) is 0 Å². The van der Waals surface area contributed by atoms with E-state index in [4.69, 9.17) is 9.84 Å². The van der Waals surface area contributed by atoms with Crippen molar-refractivity contribution in [1.82, 2.24) is 4.98 Å². The molecule has 0 aliphatic carbocycles. The average molecular weight is 223 g/mol. The zero-order valence-electron chi connectivity index (χ0n) is 8.58. The van der Waals surface area contributed by atoms with Crippen LogP contribution >= 0.6 is 0 Å². The van der Waals surface area contributed by atoms with E-state index in [1.54, 1.807) is 6.20 Å². The first-order chi connectivity index (χ1) is 7.61. The lowest BCUT2D eigenvalue weighted by atomic mass is 10.1. The highest BCUT2D eigenvalue weighted by Crippen LogP contribution is 2.26. The number of H-pyrrole nitrogens is 1. The molecule has 5 heteroatoms. The standard InChI is InChI=1S/C11H10FNO3/c1-16-10-4-9-7(3-8(10)12)6(5-13-9)2-11(14)15/h3-5,13H,2H2,1H3,(H,14,15). The Morgan fingerprint density at radius 2 is 2.31 bits per heavy atom. The zero-order chi connectivity index (χ0) is 11.7. The number of benzene rings is 1. The number of ether oxygens (including phenoxy) is 1. The normalized spacial score (nSPS) is 10.6. The summed E-state index contributed by atoms with van der Waals surface area (Å²) in [5, 5.41) is 9.25. The molecule has 0 bridgehead atoms. The van der Waals surface area contributed by atoms with Crippen LogP contribution in [0.25, 0.3) is 10.9 Å². The van der Waals surface area contributed by atoms with E-state index >= 15 is 0 Å². The number of carbonyl (C=O) groups is 1. The van der Waals surface area contributed by atoms with Crippen LogP contribution in [0.3, 0.4) is 0 Å². The van der Waals surface area contributed by atoms with Gasteiger partial charge in [0.25, 0.3) is 0 Å². The second-order valence-corrected chi connectivity index (χ2v) is 3.42. The third-order valence-corrected chi connectivity index (χ3v) is 2.38. The second kappa shape index (κ2) is 3.84. The number of hydrogen-bond donors (Lipinski definition) is 2. The fourth-order valence-electron chi connectivity index (χ4n) is 1.65. The molecule has 2 N–H and O–H groups in total. The Morgan fingerprint density at radius 1 is 1.56 bits per heavy atom. The molecule has 0 aliphatic rings. The van der Waals surface area contributed by atoms with Crippen molar-refractivity contribution < 1.29 is 19.0 Å². The van der Waals surface area contributed by atoms with Gasteiger partial charge in [0.05, 0.1) is 13.5 Å². The molecule has 0 spiro atoms. The first kappa shape index (κ1) is 10.5. The molecule has 0 atom stereocenters. The van der Waals surface area contributed by atoms with Gasteiger partial charge in [-0.25, -0.2) is 4.39 Å². The number of aliphatic carboxylic acids is 1. The smallest absolute Gasteiger partial charge is 0.307 e. The summed E-state index contributed by atoms with van der Waals surface area (Å²) in [5.74, 6) is -1.31. The molecular weight excluding hydrogens is 213 g/mol. The van der Waals surface area contributed by atoms with E-state index in [9.17, 15) is 9.18 Å². The number of hydrogen-bond acceptors (Lipinski definition) is 2. The number of methoxy groups -OCH3 is 1. The highest BCUT2D eigenvalue weighted by Gasteiger charge is 2.11. The number of aromatic amines is 1. The van der Waals surface area contributed by atoms with Gasteiger partial charge in [-0.15, -0.1) is 0 Å². The van der Waals surface area contributed by atoms with Crippen molar-refractivity contribution in [2.24, 2.45) is 0 Å². The van der Waals surface area contributed by atoms with Crippen LogP contribution in [-0.4, -0.2) is 23.2 Å². The molecule has 2 rings (SSSR count). The first-order valence-corrected chi connectivity index (χ1v) is 4.67. The Kier molecular flexibility index (Phi) is 2.52. The lowest BCUT2D eigenvalue weighted by molar-refractivity contribution is -0.136. The van der Waals surface area contributed by atoms with Crippen LogP contribution in [0, 0.1) is 5.82 Å². The summed E-state index contributed by atoms with van der Waals surface area (Å²) in [6.07, 6.45) is 1.43. The van der Waals surface area contributed by atoms with Crippen molar-refractivity contribution >= 4 is 16.9 Å².